The van der Waals surface area contributed by atoms with Crippen molar-refractivity contribution in [3.8, 4) is 0 Å². The van der Waals surface area contributed by atoms with E-state index in [9.17, 15) is 9.59 Å². The summed E-state index contributed by atoms with van der Waals surface area (Å²) in [6, 6.07) is 7.90. The molecular formula is C14H11ClN2O3. The molecule has 0 unspecified atom stereocenters. The van der Waals surface area contributed by atoms with Gasteiger partial charge in [-0.2, -0.15) is 0 Å². The minimum Gasteiger partial charge on any atom is -0.478 e. The lowest BCUT2D eigenvalue weighted by atomic mass is 10.1. The quantitative estimate of drug-likeness (QED) is 0.907. The summed E-state index contributed by atoms with van der Waals surface area (Å²) in [5, 5.41) is 11.8. The number of pyridine rings is 1. The van der Waals surface area contributed by atoms with Crippen molar-refractivity contribution in [2.75, 3.05) is 5.32 Å². The lowest BCUT2D eigenvalue weighted by molar-refractivity contribution is -0.115. The van der Waals surface area contributed by atoms with Crippen LogP contribution in [0, 0.1) is 0 Å². The van der Waals surface area contributed by atoms with Gasteiger partial charge < -0.3 is 10.4 Å². The Hall–Kier alpha value is -2.40. The highest BCUT2D eigenvalue weighted by Gasteiger charge is 2.15. The second-order valence-electron chi connectivity index (χ2n) is 4.05. The number of anilines is 1. The number of carboxylic acid groups (broad SMARTS) is 1. The van der Waals surface area contributed by atoms with Gasteiger partial charge >= 0.3 is 5.97 Å². The van der Waals surface area contributed by atoms with Crippen LogP contribution in [0.15, 0.2) is 42.7 Å². The molecular weight excluding hydrogens is 280 g/mol. The van der Waals surface area contributed by atoms with Gasteiger partial charge in [0, 0.05) is 12.4 Å². The first-order valence-electron chi connectivity index (χ1n) is 5.78. The molecule has 2 N–H and O–H groups in total. The van der Waals surface area contributed by atoms with Crippen LogP contribution in [-0.4, -0.2) is 22.0 Å². The molecule has 1 aromatic carbocycles. The van der Waals surface area contributed by atoms with Gasteiger partial charge in [0.25, 0.3) is 0 Å². The summed E-state index contributed by atoms with van der Waals surface area (Å²) < 4.78 is 0. The Balaban J connectivity index is 2.18. The van der Waals surface area contributed by atoms with E-state index in [1.807, 2.05) is 0 Å². The molecule has 0 fully saturated rings. The molecule has 102 valence electrons. The molecule has 1 heterocycles. The first-order valence-corrected chi connectivity index (χ1v) is 6.16. The van der Waals surface area contributed by atoms with E-state index in [4.69, 9.17) is 16.7 Å². The molecule has 0 radical (unpaired) electrons. The number of carboxylic acids is 1. The Labute approximate surface area is 120 Å². The highest BCUT2D eigenvalue weighted by Crippen LogP contribution is 2.26. The minimum atomic E-state index is -1.15. The summed E-state index contributed by atoms with van der Waals surface area (Å²) in [6.07, 6.45) is 3.28. The van der Waals surface area contributed by atoms with Crippen molar-refractivity contribution in [1.82, 2.24) is 4.98 Å². The van der Waals surface area contributed by atoms with Crippen molar-refractivity contribution in [1.29, 1.82) is 0 Å². The Kier molecular flexibility index (Phi) is 4.32. The average molecular weight is 291 g/mol. The second-order valence-corrected chi connectivity index (χ2v) is 4.46. The number of nitrogens with one attached hydrogen (secondary N) is 1. The third kappa shape index (κ3) is 3.33. The number of aromatic carboxylic acids is 1. The molecule has 2 aromatic rings. The number of para-hydroxylation sites is 1. The van der Waals surface area contributed by atoms with Gasteiger partial charge in [-0.05, 0) is 23.8 Å². The molecule has 2 rings (SSSR count). The van der Waals surface area contributed by atoms with Gasteiger partial charge in [-0.15, -0.1) is 0 Å². The zero-order valence-electron chi connectivity index (χ0n) is 10.3. The molecule has 5 nitrogen and oxygen atoms in total. The minimum absolute atomic E-state index is 0.0444. The topological polar surface area (TPSA) is 79.3 Å². The molecule has 0 aliphatic rings. The van der Waals surface area contributed by atoms with E-state index in [1.165, 1.54) is 18.2 Å². The van der Waals surface area contributed by atoms with Gasteiger partial charge in [-0.1, -0.05) is 23.7 Å². The van der Waals surface area contributed by atoms with Crippen LogP contribution in [-0.2, 0) is 11.2 Å². The van der Waals surface area contributed by atoms with Crippen molar-refractivity contribution in [3.63, 3.8) is 0 Å². The van der Waals surface area contributed by atoms with Crippen LogP contribution >= 0.6 is 11.6 Å². The SMILES string of the molecule is O=C(Cc1cccnc1)Nc1c(Cl)cccc1C(=O)O. The number of amides is 1. The molecule has 1 amide bonds. The highest BCUT2D eigenvalue weighted by atomic mass is 35.5. The molecule has 20 heavy (non-hydrogen) atoms. The number of hydrogen-bond donors (Lipinski definition) is 2. The van der Waals surface area contributed by atoms with Crippen molar-refractivity contribution in [2.24, 2.45) is 0 Å². The standard InChI is InChI=1S/C14H11ClN2O3/c15-11-5-1-4-10(14(19)20)13(11)17-12(18)7-9-3-2-6-16-8-9/h1-6,8H,7H2,(H,17,18)(H,19,20). The van der Waals surface area contributed by atoms with Crippen LogP contribution in [0.3, 0.4) is 0 Å². The van der Waals surface area contributed by atoms with E-state index in [2.05, 4.69) is 10.3 Å². The normalized spacial score (nSPS) is 10.1. The maximum absolute atomic E-state index is 11.9. The summed E-state index contributed by atoms with van der Waals surface area (Å²) in [5.41, 5.74) is 0.793. The molecule has 0 spiro atoms. The van der Waals surface area contributed by atoms with Gasteiger partial charge in [0.05, 0.1) is 22.7 Å². The maximum Gasteiger partial charge on any atom is 0.337 e. The fourth-order valence-corrected chi connectivity index (χ4v) is 1.92. The van der Waals surface area contributed by atoms with Crippen LogP contribution in [0.1, 0.15) is 15.9 Å². The van der Waals surface area contributed by atoms with Gasteiger partial charge in [-0.3, -0.25) is 9.78 Å². The summed E-state index contributed by atoms with van der Waals surface area (Å²) >= 11 is 5.93. The number of carbonyl (C=O) groups is 2. The van der Waals surface area contributed by atoms with E-state index in [0.717, 1.165) is 5.56 Å². The van der Waals surface area contributed by atoms with Crippen LogP contribution in [0.4, 0.5) is 5.69 Å². The molecule has 0 aliphatic carbocycles. The molecule has 1 aromatic heterocycles. The van der Waals surface area contributed by atoms with Gasteiger partial charge in [0.15, 0.2) is 0 Å². The zero-order chi connectivity index (χ0) is 14.5. The van der Waals surface area contributed by atoms with Gasteiger partial charge in [-0.25, -0.2) is 4.79 Å². The number of rotatable bonds is 4. The van der Waals surface area contributed by atoms with E-state index in [0.29, 0.717) is 0 Å². The van der Waals surface area contributed by atoms with Crippen LogP contribution in [0.25, 0.3) is 0 Å². The van der Waals surface area contributed by atoms with E-state index in [-0.39, 0.29) is 28.6 Å². The third-order valence-electron chi connectivity index (χ3n) is 2.60. The molecule has 0 saturated heterocycles. The van der Waals surface area contributed by atoms with E-state index >= 15 is 0 Å². The number of carbonyl (C=O) groups excluding carboxylic acids is 1. The highest BCUT2D eigenvalue weighted by molar-refractivity contribution is 6.34. The second kappa shape index (κ2) is 6.16. The Morgan fingerprint density at radius 3 is 2.70 bits per heavy atom. The lowest BCUT2D eigenvalue weighted by Gasteiger charge is -2.10. The van der Waals surface area contributed by atoms with Crippen LogP contribution in [0.5, 0.6) is 0 Å². The summed E-state index contributed by atoms with van der Waals surface area (Å²) in [6.45, 7) is 0. The summed E-state index contributed by atoms with van der Waals surface area (Å²) in [7, 11) is 0. The Bertz CT molecular complexity index is 644. The first kappa shape index (κ1) is 14.0. The molecule has 6 heteroatoms. The average Bonchev–Trinajstić information content (AvgIpc) is 2.42. The van der Waals surface area contributed by atoms with Crippen molar-refractivity contribution in [2.45, 2.75) is 6.42 Å². The Morgan fingerprint density at radius 2 is 2.05 bits per heavy atom. The zero-order valence-corrected chi connectivity index (χ0v) is 11.1. The fourth-order valence-electron chi connectivity index (χ4n) is 1.70. The van der Waals surface area contributed by atoms with E-state index in [1.54, 1.807) is 24.5 Å². The number of hydrogen-bond acceptors (Lipinski definition) is 3. The third-order valence-corrected chi connectivity index (χ3v) is 2.91. The monoisotopic (exact) mass is 290 g/mol. The predicted octanol–water partition coefficient (Wildman–Crippen LogP) is 2.61. The van der Waals surface area contributed by atoms with Crippen molar-refractivity contribution in [3.05, 3.63) is 58.9 Å². The van der Waals surface area contributed by atoms with Crippen LogP contribution in [0.2, 0.25) is 5.02 Å². The number of halogens is 1. The molecule has 0 aliphatic heterocycles. The molecule has 0 bridgehead atoms. The first-order chi connectivity index (χ1) is 9.58. The van der Waals surface area contributed by atoms with Crippen LogP contribution < -0.4 is 5.32 Å². The maximum atomic E-state index is 11.9. The van der Waals surface area contributed by atoms with Crippen molar-refractivity contribution < 1.29 is 14.7 Å². The predicted molar refractivity (Wildman–Crippen MR) is 75.0 cm³/mol. The molecule has 0 saturated carbocycles. The number of nitrogens with zero attached hydrogens (tertiary/aromatic N) is 1. The fraction of sp³-hybridized carbons (Fsp3) is 0.0714. The number of aromatic nitrogens is 1. The summed E-state index contributed by atoms with van der Waals surface area (Å²) in [4.78, 5) is 26.9. The van der Waals surface area contributed by atoms with Gasteiger partial charge in [0.1, 0.15) is 0 Å². The van der Waals surface area contributed by atoms with Gasteiger partial charge in [0.2, 0.25) is 5.91 Å². The number of benzene rings is 1. The smallest absolute Gasteiger partial charge is 0.337 e. The molecule has 0 atom stereocenters. The lowest BCUT2D eigenvalue weighted by Crippen LogP contribution is -2.17. The Morgan fingerprint density at radius 1 is 1.25 bits per heavy atom. The van der Waals surface area contributed by atoms with E-state index < -0.39 is 5.97 Å². The largest absolute Gasteiger partial charge is 0.478 e. The summed E-state index contributed by atoms with van der Waals surface area (Å²) in [5.74, 6) is -1.50. The van der Waals surface area contributed by atoms with Crippen molar-refractivity contribution >= 4 is 29.2 Å².